The number of carbonyl (C=O) groups is 2. The van der Waals surface area contributed by atoms with Crippen molar-refractivity contribution in [3.05, 3.63) is 87.5 Å². The lowest BCUT2D eigenvalue weighted by Gasteiger charge is -2.17. The molecule has 0 aliphatic carbocycles. The topological polar surface area (TPSA) is 127 Å². The van der Waals surface area contributed by atoms with Crippen molar-refractivity contribution in [3.8, 4) is 11.4 Å². The molecule has 9 nitrogen and oxygen atoms in total. The summed E-state index contributed by atoms with van der Waals surface area (Å²) in [6.07, 6.45) is -0.836. The van der Waals surface area contributed by atoms with Crippen LogP contribution in [-0.2, 0) is 9.53 Å². The molecule has 9 heteroatoms. The fourth-order valence-electron chi connectivity index (χ4n) is 3.58. The van der Waals surface area contributed by atoms with E-state index in [9.17, 15) is 19.7 Å². The second-order valence-electron chi connectivity index (χ2n) is 8.23. The summed E-state index contributed by atoms with van der Waals surface area (Å²) in [6, 6.07) is 17.1. The van der Waals surface area contributed by atoms with E-state index in [4.69, 9.17) is 4.74 Å². The summed E-state index contributed by atoms with van der Waals surface area (Å²) < 4.78 is 5.47. The number of nitro groups is 1. The zero-order chi connectivity index (χ0) is 25.1. The first-order chi connectivity index (χ1) is 16.7. The molecule has 4 rings (SSSR count). The van der Waals surface area contributed by atoms with Gasteiger partial charge in [-0.2, -0.15) is 0 Å². The molecule has 0 aliphatic heterocycles. The number of aryl methyl sites for hydroxylation is 2. The van der Waals surface area contributed by atoms with Crippen LogP contribution in [0.15, 0.2) is 60.7 Å². The number of H-pyrrole nitrogens is 1. The second kappa shape index (κ2) is 9.76. The highest BCUT2D eigenvalue weighted by atomic mass is 16.6. The molecule has 1 heterocycles. The maximum Gasteiger partial charge on any atom is 0.338 e. The number of nitro benzene ring substituents is 1. The van der Waals surface area contributed by atoms with Crippen LogP contribution in [0.5, 0.6) is 0 Å². The molecule has 2 N–H and O–H groups in total. The van der Waals surface area contributed by atoms with Crippen LogP contribution in [0, 0.1) is 24.0 Å². The quantitative estimate of drug-likeness (QED) is 0.213. The van der Waals surface area contributed by atoms with E-state index in [1.165, 1.54) is 12.1 Å². The molecule has 0 radical (unpaired) electrons. The maximum atomic E-state index is 12.8. The Morgan fingerprint density at radius 3 is 2.51 bits per heavy atom. The highest BCUT2D eigenvalue weighted by Gasteiger charge is 2.23. The smallest absolute Gasteiger partial charge is 0.338 e. The Labute approximate surface area is 201 Å². The number of ether oxygens (including phenoxy) is 1. The number of fused-ring (bicyclic) bond motifs is 1. The molecule has 0 saturated heterocycles. The molecule has 1 atom stereocenters. The van der Waals surface area contributed by atoms with Crippen LogP contribution in [0.1, 0.15) is 34.8 Å². The van der Waals surface area contributed by atoms with Gasteiger partial charge in [-0.1, -0.05) is 42.8 Å². The lowest BCUT2D eigenvalue weighted by Crippen LogP contribution is -2.32. The number of non-ortho nitro benzene ring substituents is 1. The lowest BCUT2D eigenvalue weighted by atomic mass is 10.1. The molecule has 1 aromatic heterocycles. The number of nitrogens with one attached hydrogen (secondary N) is 2. The SMILES string of the molecule is CCC(OC(=O)c1ccc2nc(-c3ccc(C)cc3)[nH]c2c1)C(=O)Nc1cc([N+](=O)[O-])ccc1C. The average Bonchev–Trinajstić information content (AvgIpc) is 3.27. The minimum Gasteiger partial charge on any atom is -0.449 e. The molecular weight excluding hydrogens is 448 g/mol. The molecule has 0 bridgehead atoms. The minimum absolute atomic E-state index is 0.145. The summed E-state index contributed by atoms with van der Waals surface area (Å²) in [5.74, 6) is -0.534. The van der Waals surface area contributed by atoms with E-state index in [1.807, 2.05) is 31.2 Å². The van der Waals surface area contributed by atoms with Gasteiger partial charge in [0, 0.05) is 17.7 Å². The Balaban J connectivity index is 1.50. The van der Waals surface area contributed by atoms with Gasteiger partial charge in [-0.15, -0.1) is 0 Å². The summed E-state index contributed by atoms with van der Waals surface area (Å²) in [5.41, 5.74) is 4.51. The number of aromatic amines is 1. The van der Waals surface area contributed by atoms with E-state index in [1.54, 1.807) is 38.1 Å². The standard InChI is InChI=1S/C26H24N4O5/c1-4-23(25(31)29-21-14-19(30(33)34)11-7-16(21)3)35-26(32)18-10-12-20-22(13-18)28-24(27-20)17-8-5-15(2)6-9-17/h5-14,23H,4H2,1-3H3,(H,27,28)(H,29,31). The van der Waals surface area contributed by atoms with Crippen LogP contribution in [0.3, 0.4) is 0 Å². The first kappa shape index (κ1) is 23.6. The number of nitrogens with zero attached hydrogens (tertiary/aromatic N) is 2. The highest BCUT2D eigenvalue weighted by Crippen LogP contribution is 2.24. The van der Waals surface area contributed by atoms with Gasteiger partial charge in [0.15, 0.2) is 6.10 Å². The van der Waals surface area contributed by atoms with Crippen molar-refractivity contribution in [3.63, 3.8) is 0 Å². The molecule has 35 heavy (non-hydrogen) atoms. The van der Waals surface area contributed by atoms with E-state index in [0.29, 0.717) is 28.1 Å². The minimum atomic E-state index is -1.07. The first-order valence-electron chi connectivity index (χ1n) is 11.1. The van der Waals surface area contributed by atoms with Crippen molar-refractivity contribution in [2.24, 2.45) is 0 Å². The molecule has 1 unspecified atom stereocenters. The zero-order valence-corrected chi connectivity index (χ0v) is 19.5. The number of hydrogen-bond acceptors (Lipinski definition) is 6. The maximum absolute atomic E-state index is 12.8. The number of esters is 1. The number of rotatable bonds is 7. The van der Waals surface area contributed by atoms with Gasteiger partial charge in [0.25, 0.3) is 11.6 Å². The summed E-state index contributed by atoms with van der Waals surface area (Å²) in [4.78, 5) is 43.9. The molecule has 0 aliphatic rings. The summed E-state index contributed by atoms with van der Waals surface area (Å²) in [7, 11) is 0. The number of amides is 1. The van der Waals surface area contributed by atoms with Crippen molar-refractivity contribution >= 4 is 34.3 Å². The van der Waals surface area contributed by atoms with Crippen molar-refractivity contribution in [1.29, 1.82) is 0 Å². The fourth-order valence-corrected chi connectivity index (χ4v) is 3.58. The van der Waals surface area contributed by atoms with Crippen LogP contribution in [0.25, 0.3) is 22.4 Å². The predicted octanol–water partition coefficient (Wildman–Crippen LogP) is 5.33. The van der Waals surface area contributed by atoms with Crippen LogP contribution in [0.4, 0.5) is 11.4 Å². The third-order valence-electron chi connectivity index (χ3n) is 5.64. The molecular formula is C26H24N4O5. The lowest BCUT2D eigenvalue weighted by molar-refractivity contribution is -0.384. The normalized spacial score (nSPS) is 11.7. The average molecular weight is 473 g/mol. The first-order valence-corrected chi connectivity index (χ1v) is 11.1. The summed E-state index contributed by atoms with van der Waals surface area (Å²) >= 11 is 0. The predicted molar refractivity (Wildman–Crippen MR) is 132 cm³/mol. The number of imidazole rings is 1. The van der Waals surface area contributed by atoms with Crippen molar-refractivity contribution in [1.82, 2.24) is 9.97 Å². The van der Waals surface area contributed by atoms with Gasteiger partial charge >= 0.3 is 5.97 Å². The largest absolute Gasteiger partial charge is 0.449 e. The molecule has 3 aromatic carbocycles. The van der Waals surface area contributed by atoms with Crippen LogP contribution in [-0.4, -0.2) is 32.9 Å². The van der Waals surface area contributed by atoms with Gasteiger partial charge < -0.3 is 15.0 Å². The van der Waals surface area contributed by atoms with Crippen LogP contribution in [0.2, 0.25) is 0 Å². The highest BCUT2D eigenvalue weighted by molar-refractivity contribution is 5.99. The second-order valence-corrected chi connectivity index (χ2v) is 8.23. The molecule has 0 spiro atoms. The Hall–Kier alpha value is -4.53. The van der Waals surface area contributed by atoms with Crippen molar-refractivity contribution in [2.45, 2.75) is 33.3 Å². The Bertz CT molecular complexity index is 1430. The molecule has 0 saturated carbocycles. The number of hydrogen-bond donors (Lipinski definition) is 2. The number of anilines is 1. The molecule has 1 amide bonds. The fraction of sp³-hybridized carbons (Fsp3) is 0.192. The Morgan fingerprint density at radius 2 is 1.83 bits per heavy atom. The van der Waals surface area contributed by atoms with Gasteiger partial charge in [-0.25, -0.2) is 9.78 Å². The van der Waals surface area contributed by atoms with Crippen LogP contribution < -0.4 is 5.32 Å². The molecule has 0 fully saturated rings. The third kappa shape index (κ3) is 5.19. The van der Waals surface area contributed by atoms with E-state index in [-0.39, 0.29) is 17.7 Å². The van der Waals surface area contributed by atoms with E-state index in [2.05, 4.69) is 15.3 Å². The number of carbonyl (C=O) groups excluding carboxylic acids is 2. The van der Waals surface area contributed by atoms with E-state index in [0.717, 1.165) is 11.1 Å². The van der Waals surface area contributed by atoms with Gasteiger partial charge in [0.05, 0.1) is 27.2 Å². The van der Waals surface area contributed by atoms with Gasteiger partial charge in [0.2, 0.25) is 0 Å². The van der Waals surface area contributed by atoms with Crippen LogP contribution >= 0.6 is 0 Å². The third-order valence-corrected chi connectivity index (χ3v) is 5.64. The van der Waals surface area contributed by atoms with Crippen molar-refractivity contribution in [2.75, 3.05) is 5.32 Å². The molecule has 4 aromatic rings. The van der Waals surface area contributed by atoms with Gasteiger partial charge in [0.1, 0.15) is 5.82 Å². The summed E-state index contributed by atoms with van der Waals surface area (Å²) in [6.45, 7) is 5.44. The monoisotopic (exact) mass is 472 g/mol. The summed E-state index contributed by atoms with van der Waals surface area (Å²) in [5, 5.41) is 13.7. The Kier molecular flexibility index (Phi) is 6.59. The van der Waals surface area contributed by atoms with E-state index >= 15 is 0 Å². The van der Waals surface area contributed by atoms with E-state index < -0.39 is 22.9 Å². The van der Waals surface area contributed by atoms with Gasteiger partial charge in [-0.3, -0.25) is 14.9 Å². The van der Waals surface area contributed by atoms with Gasteiger partial charge in [-0.05, 0) is 44.0 Å². The zero-order valence-electron chi connectivity index (χ0n) is 19.5. The Morgan fingerprint density at radius 1 is 1.09 bits per heavy atom. The number of benzene rings is 3. The number of aromatic nitrogens is 2. The molecule has 178 valence electrons. The van der Waals surface area contributed by atoms with Crippen molar-refractivity contribution < 1.29 is 19.2 Å².